The third kappa shape index (κ3) is 2.12. The molecule has 0 bridgehead atoms. The summed E-state index contributed by atoms with van der Waals surface area (Å²) in [5, 5.41) is 15.8. The van der Waals surface area contributed by atoms with E-state index in [1.54, 1.807) is 6.20 Å². The van der Waals surface area contributed by atoms with Crippen LogP contribution in [0.5, 0.6) is 5.75 Å². The van der Waals surface area contributed by atoms with Crippen LogP contribution in [0.15, 0.2) is 12.3 Å². The van der Waals surface area contributed by atoms with E-state index in [1.807, 2.05) is 0 Å². The van der Waals surface area contributed by atoms with Crippen LogP contribution in [-0.2, 0) is 13.0 Å². The standard InChI is InChI=1S/C13H10F3N3O2/c14-8-3-7(10(15)12(20)11(8)16)13(21)19-2-1-9-6(5-19)4-17-18-9/h3-4,20H,1-2,5H2,(H,17,18). The van der Waals surface area contributed by atoms with Crippen molar-refractivity contribution in [1.29, 1.82) is 0 Å². The monoisotopic (exact) mass is 297 g/mol. The minimum absolute atomic E-state index is 0.184. The number of rotatable bonds is 1. The maximum absolute atomic E-state index is 13.8. The fraction of sp³-hybridized carbons (Fsp3) is 0.231. The number of nitrogens with one attached hydrogen (secondary N) is 1. The summed E-state index contributed by atoms with van der Waals surface area (Å²) < 4.78 is 40.0. The fourth-order valence-electron chi connectivity index (χ4n) is 2.31. The van der Waals surface area contributed by atoms with Crippen molar-refractivity contribution >= 4 is 5.91 Å². The summed E-state index contributed by atoms with van der Waals surface area (Å²) in [4.78, 5) is 13.5. The number of hydrogen-bond acceptors (Lipinski definition) is 3. The van der Waals surface area contributed by atoms with Crippen LogP contribution in [0, 0.1) is 17.5 Å². The Labute approximate surface area is 117 Å². The Balaban J connectivity index is 1.94. The van der Waals surface area contributed by atoms with Gasteiger partial charge in [0.25, 0.3) is 5.91 Å². The molecule has 1 aliphatic rings. The lowest BCUT2D eigenvalue weighted by Crippen LogP contribution is -2.36. The lowest BCUT2D eigenvalue weighted by Gasteiger charge is -2.26. The zero-order chi connectivity index (χ0) is 15.1. The van der Waals surface area contributed by atoms with Crippen LogP contribution in [0.25, 0.3) is 0 Å². The van der Waals surface area contributed by atoms with Crippen molar-refractivity contribution in [3.8, 4) is 5.75 Å². The van der Waals surface area contributed by atoms with Crippen LogP contribution < -0.4 is 0 Å². The highest BCUT2D eigenvalue weighted by molar-refractivity contribution is 5.95. The first-order valence-corrected chi connectivity index (χ1v) is 6.16. The van der Waals surface area contributed by atoms with Crippen molar-refractivity contribution in [3.63, 3.8) is 0 Å². The number of amides is 1. The molecule has 8 heteroatoms. The second-order valence-corrected chi connectivity index (χ2v) is 4.73. The van der Waals surface area contributed by atoms with E-state index >= 15 is 0 Å². The molecule has 1 aromatic carbocycles. The van der Waals surface area contributed by atoms with Gasteiger partial charge in [0.2, 0.25) is 5.82 Å². The van der Waals surface area contributed by atoms with Gasteiger partial charge in [-0.05, 0) is 6.07 Å². The molecule has 0 atom stereocenters. The van der Waals surface area contributed by atoms with Gasteiger partial charge in [-0.25, -0.2) is 8.78 Å². The van der Waals surface area contributed by atoms with Gasteiger partial charge in [-0.2, -0.15) is 9.49 Å². The second kappa shape index (κ2) is 4.80. The van der Waals surface area contributed by atoms with Crippen LogP contribution in [0.1, 0.15) is 21.6 Å². The molecule has 21 heavy (non-hydrogen) atoms. The number of carbonyl (C=O) groups excluding carboxylic acids is 1. The Hall–Kier alpha value is -2.51. The molecule has 2 heterocycles. The lowest BCUT2D eigenvalue weighted by atomic mass is 10.1. The van der Waals surface area contributed by atoms with E-state index in [2.05, 4.69) is 10.2 Å². The molecule has 2 aromatic rings. The Kier molecular flexibility index (Phi) is 3.08. The molecule has 110 valence electrons. The first-order valence-electron chi connectivity index (χ1n) is 6.16. The van der Waals surface area contributed by atoms with Gasteiger partial charge in [0.05, 0.1) is 11.8 Å². The minimum Gasteiger partial charge on any atom is -0.503 e. The zero-order valence-corrected chi connectivity index (χ0v) is 10.7. The second-order valence-electron chi connectivity index (χ2n) is 4.73. The number of hydrogen-bond donors (Lipinski definition) is 2. The Morgan fingerprint density at radius 2 is 2.10 bits per heavy atom. The lowest BCUT2D eigenvalue weighted by molar-refractivity contribution is 0.0727. The molecule has 0 unspecified atom stereocenters. The predicted octanol–water partition coefficient (Wildman–Crippen LogP) is 1.73. The third-order valence-electron chi connectivity index (χ3n) is 3.45. The van der Waals surface area contributed by atoms with Crippen molar-refractivity contribution < 1.29 is 23.1 Å². The number of aromatic amines is 1. The summed E-state index contributed by atoms with van der Waals surface area (Å²) in [6.07, 6.45) is 2.05. The van der Waals surface area contributed by atoms with Gasteiger partial charge in [0, 0.05) is 30.8 Å². The molecule has 1 amide bonds. The van der Waals surface area contributed by atoms with Crippen LogP contribution >= 0.6 is 0 Å². The normalized spacial score (nSPS) is 14.1. The average Bonchev–Trinajstić information content (AvgIpc) is 2.95. The first kappa shape index (κ1) is 13.5. The summed E-state index contributed by atoms with van der Waals surface area (Å²) in [7, 11) is 0. The van der Waals surface area contributed by atoms with Crippen LogP contribution in [0.2, 0.25) is 0 Å². The number of phenols is 1. The molecule has 3 rings (SSSR count). The highest BCUT2D eigenvalue weighted by Crippen LogP contribution is 2.27. The van der Waals surface area contributed by atoms with Crippen LogP contribution in [0.4, 0.5) is 13.2 Å². The van der Waals surface area contributed by atoms with E-state index in [4.69, 9.17) is 5.11 Å². The number of H-pyrrole nitrogens is 1. The van der Waals surface area contributed by atoms with Gasteiger partial charge in [0.1, 0.15) is 0 Å². The Bertz CT molecular complexity index is 730. The van der Waals surface area contributed by atoms with Crippen molar-refractivity contribution in [3.05, 3.63) is 46.5 Å². The number of aromatic hydroxyl groups is 1. The summed E-state index contributed by atoms with van der Waals surface area (Å²) in [5.41, 5.74) is 0.966. The molecule has 1 aromatic heterocycles. The first-order chi connectivity index (χ1) is 9.99. The predicted molar refractivity (Wildman–Crippen MR) is 65.0 cm³/mol. The summed E-state index contributed by atoms with van der Waals surface area (Å²) in [6, 6.07) is 0.456. The van der Waals surface area contributed by atoms with Gasteiger partial charge in [-0.3, -0.25) is 9.89 Å². The van der Waals surface area contributed by atoms with E-state index in [-0.39, 0.29) is 13.1 Å². The smallest absolute Gasteiger partial charge is 0.257 e. The largest absolute Gasteiger partial charge is 0.503 e. The molecule has 0 spiro atoms. The molecule has 2 N–H and O–H groups in total. The third-order valence-corrected chi connectivity index (χ3v) is 3.45. The highest BCUT2D eigenvalue weighted by Gasteiger charge is 2.28. The maximum Gasteiger partial charge on any atom is 0.257 e. The molecule has 1 aliphatic heterocycles. The Morgan fingerprint density at radius 1 is 1.33 bits per heavy atom. The summed E-state index contributed by atoms with van der Waals surface area (Å²) in [6.45, 7) is 0.469. The molecule has 0 saturated heterocycles. The van der Waals surface area contributed by atoms with Gasteiger partial charge in [-0.1, -0.05) is 0 Å². The fourth-order valence-corrected chi connectivity index (χ4v) is 2.31. The topological polar surface area (TPSA) is 69.2 Å². The molecule has 0 radical (unpaired) electrons. The molecular formula is C13H10F3N3O2. The van der Waals surface area contributed by atoms with Crippen molar-refractivity contribution in [2.24, 2.45) is 0 Å². The van der Waals surface area contributed by atoms with Crippen molar-refractivity contribution in [1.82, 2.24) is 15.1 Å². The Morgan fingerprint density at radius 3 is 2.86 bits per heavy atom. The quantitative estimate of drug-likeness (QED) is 0.788. The highest BCUT2D eigenvalue weighted by atomic mass is 19.2. The average molecular weight is 297 g/mol. The van der Waals surface area contributed by atoms with Gasteiger partial charge in [0.15, 0.2) is 17.4 Å². The molecular weight excluding hydrogens is 287 g/mol. The molecule has 5 nitrogen and oxygen atoms in total. The summed E-state index contributed by atoms with van der Waals surface area (Å²) in [5.74, 6) is -6.94. The van der Waals surface area contributed by atoms with Crippen molar-refractivity contribution in [2.45, 2.75) is 13.0 Å². The van der Waals surface area contributed by atoms with Gasteiger partial charge in [-0.15, -0.1) is 0 Å². The number of halogens is 3. The summed E-state index contributed by atoms with van der Waals surface area (Å²) >= 11 is 0. The number of phenolic OH excluding ortho intramolecular Hbond substituents is 1. The molecule has 0 saturated carbocycles. The van der Waals surface area contributed by atoms with Crippen LogP contribution in [-0.4, -0.2) is 32.7 Å². The van der Waals surface area contributed by atoms with Gasteiger partial charge >= 0.3 is 0 Å². The van der Waals surface area contributed by atoms with E-state index in [9.17, 15) is 18.0 Å². The van der Waals surface area contributed by atoms with Crippen LogP contribution in [0.3, 0.4) is 0 Å². The van der Waals surface area contributed by atoms with Crippen molar-refractivity contribution in [2.75, 3.05) is 6.54 Å². The van der Waals surface area contributed by atoms with E-state index in [1.165, 1.54) is 4.90 Å². The minimum atomic E-state index is -1.71. The number of carbonyl (C=O) groups is 1. The molecule has 0 fully saturated rings. The van der Waals surface area contributed by atoms with E-state index in [0.29, 0.717) is 12.5 Å². The SMILES string of the molecule is O=C(c1cc(F)c(F)c(O)c1F)N1CCc2[nH]ncc2C1. The maximum atomic E-state index is 13.8. The van der Waals surface area contributed by atoms with E-state index < -0.39 is 34.7 Å². The van der Waals surface area contributed by atoms with E-state index in [0.717, 1.165) is 11.3 Å². The zero-order valence-electron chi connectivity index (χ0n) is 10.7. The number of fused-ring (bicyclic) bond motifs is 1. The van der Waals surface area contributed by atoms with Gasteiger partial charge < -0.3 is 10.0 Å². The number of aromatic nitrogens is 2. The number of benzene rings is 1. The number of nitrogens with zero attached hydrogens (tertiary/aromatic N) is 2. The molecule has 0 aliphatic carbocycles.